The van der Waals surface area contributed by atoms with Gasteiger partial charge in [0.05, 0.1) is 16.6 Å². The zero-order valence-corrected chi connectivity index (χ0v) is 18.3. The van der Waals surface area contributed by atoms with Crippen molar-refractivity contribution in [3.05, 3.63) is 82.3 Å². The fourth-order valence-electron chi connectivity index (χ4n) is 3.46. The molecular formula is C24H20Cl2N2O3. The molecule has 1 aliphatic rings. The van der Waals surface area contributed by atoms with Crippen LogP contribution in [0.1, 0.15) is 12.0 Å². The van der Waals surface area contributed by atoms with Crippen LogP contribution >= 0.6 is 23.2 Å². The molecule has 158 valence electrons. The summed E-state index contributed by atoms with van der Waals surface area (Å²) >= 11 is 12.3. The van der Waals surface area contributed by atoms with E-state index < -0.39 is 5.92 Å². The van der Waals surface area contributed by atoms with Gasteiger partial charge in [0.25, 0.3) is 0 Å². The highest BCUT2D eigenvalue weighted by Gasteiger charge is 2.36. The number of halogens is 2. The molecule has 0 radical (unpaired) electrons. The average molecular weight is 455 g/mol. The van der Waals surface area contributed by atoms with Gasteiger partial charge in [0, 0.05) is 23.7 Å². The lowest BCUT2D eigenvalue weighted by Crippen LogP contribution is -2.28. The summed E-state index contributed by atoms with van der Waals surface area (Å²) in [5.41, 5.74) is 2.19. The Morgan fingerprint density at radius 3 is 2.55 bits per heavy atom. The fourth-order valence-corrected chi connectivity index (χ4v) is 3.84. The monoisotopic (exact) mass is 454 g/mol. The molecule has 1 N–H and O–H groups in total. The van der Waals surface area contributed by atoms with Crippen molar-refractivity contribution in [2.75, 3.05) is 16.8 Å². The number of carbonyl (C=O) groups excluding carboxylic acids is 2. The van der Waals surface area contributed by atoms with Crippen molar-refractivity contribution in [3.8, 4) is 11.5 Å². The number of carbonyl (C=O) groups is 2. The number of amides is 2. The first-order chi connectivity index (χ1) is 14.9. The summed E-state index contributed by atoms with van der Waals surface area (Å²) in [7, 11) is 0. The van der Waals surface area contributed by atoms with Crippen LogP contribution in [0.5, 0.6) is 11.5 Å². The van der Waals surface area contributed by atoms with E-state index in [1.165, 1.54) is 4.90 Å². The number of rotatable bonds is 5. The summed E-state index contributed by atoms with van der Waals surface area (Å²) in [6.07, 6.45) is 0.114. The standard InChI is InChI=1S/C24H20Cl2N2O3/c1-15-4-2-3-5-22(15)31-19-9-7-18(8-10-19)27-24(30)16-12-23(29)28(14-16)21-13-17(25)6-11-20(21)26/h2-11,13,16H,12,14H2,1H3,(H,27,30)/t16-/m1/s1. The number of anilines is 2. The van der Waals surface area contributed by atoms with Gasteiger partial charge < -0.3 is 15.0 Å². The molecule has 0 aliphatic carbocycles. The predicted molar refractivity (Wildman–Crippen MR) is 123 cm³/mol. The van der Waals surface area contributed by atoms with Gasteiger partial charge in [-0.2, -0.15) is 0 Å². The molecule has 3 aromatic carbocycles. The third-order valence-electron chi connectivity index (χ3n) is 5.14. The highest BCUT2D eigenvalue weighted by Crippen LogP contribution is 2.34. The molecule has 7 heteroatoms. The van der Waals surface area contributed by atoms with Crippen molar-refractivity contribution < 1.29 is 14.3 Å². The largest absolute Gasteiger partial charge is 0.457 e. The fraction of sp³-hybridized carbons (Fsp3) is 0.167. The molecule has 1 fully saturated rings. The van der Waals surface area contributed by atoms with Gasteiger partial charge in [-0.15, -0.1) is 0 Å². The molecule has 1 aliphatic heterocycles. The maximum absolute atomic E-state index is 12.7. The van der Waals surface area contributed by atoms with Crippen molar-refractivity contribution in [2.24, 2.45) is 5.92 Å². The highest BCUT2D eigenvalue weighted by atomic mass is 35.5. The number of benzene rings is 3. The Morgan fingerprint density at radius 1 is 1.06 bits per heavy atom. The van der Waals surface area contributed by atoms with Crippen LogP contribution in [0.25, 0.3) is 0 Å². The van der Waals surface area contributed by atoms with Gasteiger partial charge in [-0.1, -0.05) is 41.4 Å². The van der Waals surface area contributed by atoms with E-state index in [-0.39, 0.29) is 24.8 Å². The molecule has 4 rings (SSSR count). The highest BCUT2D eigenvalue weighted by molar-refractivity contribution is 6.36. The van der Waals surface area contributed by atoms with Gasteiger partial charge in [0.15, 0.2) is 0 Å². The Kier molecular flexibility index (Phi) is 6.16. The average Bonchev–Trinajstić information content (AvgIpc) is 3.14. The Morgan fingerprint density at radius 2 is 1.81 bits per heavy atom. The van der Waals surface area contributed by atoms with Gasteiger partial charge in [0.2, 0.25) is 11.8 Å². The van der Waals surface area contributed by atoms with Gasteiger partial charge >= 0.3 is 0 Å². The number of hydrogen-bond donors (Lipinski definition) is 1. The van der Waals surface area contributed by atoms with Crippen LogP contribution in [0, 0.1) is 12.8 Å². The molecule has 0 saturated carbocycles. The lowest BCUT2D eigenvalue weighted by molar-refractivity contribution is -0.122. The summed E-state index contributed by atoms with van der Waals surface area (Å²) in [5, 5.41) is 3.77. The molecular weight excluding hydrogens is 435 g/mol. The van der Waals surface area contributed by atoms with Crippen molar-refractivity contribution in [1.29, 1.82) is 0 Å². The molecule has 2 amide bonds. The van der Waals surface area contributed by atoms with E-state index in [1.807, 2.05) is 31.2 Å². The number of hydrogen-bond acceptors (Lipinski definition) is 3. The van der Waals surface area contributed by atoms with E-state index in [4.69, 9.17) is 27.9 Å². The van der Waals surface area contributed by atoms with Crippen molar-refractivity contribution in [2.45, 2.75) is 13.3 Å². The van der Waals surface area contributed by atoms with Gasteiger partial charge in [-0.05, 0) is 61.0 Å². The minimum absolute atomic E-state index is 0.114. The molecule has 31 heavy (non-hydrogen) atoms. The first-order valence-corrected chi connectivity index (χ1v) is 10.6. The van der Waals surface area contributed by atoms with Crippen LogP contribution in [0.4, 0.5) is 11.4 Å². The number of nitrogens with zero attached hydrogens (tertiary/aromatic N) is 1. The summed E-state index contributed by atoms with van der Waals surface area (Å²) in [6, 6.07) is 19.8. The normalized spacial score (nSPS) is 15.8. The number of para-hydroxylation sites is 1. The Hall–Kier alpha value is -3.02. The molecule has 1 saturated heterocycles. The lowest BCUT2D eigenvalue weighted by Gasteiger charge is -2.18. The summed E-state index contributed by atoms with van der Waals surface area (Å²) in [4.78, 5) is 26.7. The quantitative estimate of drug-likeness (QED) is 0.507. The van der Waals surface area contributed by atoms with E-state index >= 15 is 0 Å². The molecule has 1 atom stereocenters. The number of nitrogens with one attached hydrogen (secondary N) is 1. The van der Waals surface area contributed by atoms with Gasteiger partial charge in [0.1, 0.15) is 11.5 Å². The van der Waals surface area contributed by atoms with Crippen LogP contribution in [0.3, 0.4) is 0 Å². The lowest BCUT2D eigenvalue weighted by atomic mass is 10.1. The molecule has 5 nitrogen and oxygen atoms in total. The van der Waals surface area contributed by atoms with Crippen LogP contribution in [0.15, 0.2) is 66.7 Å². The molecule has 0 bridgehead atoms. The van der Waals surface area contributed by atoms with Crippen molar-refractivity contribution in [1.82, 2.24) is 0 Å². The molecule has 3 aromatic rings. The summed E-state index contributed by atoms with van der Waals surface area (Å²) < 4.78 is 5.88. The van der Waals surface area contributed by atoms with E-state index in [0.717, 1.165) is 11.3 Å². The second kappa shape index (κ2) is 9.00. The first-order valence-electron chi connectivity index (χ1n) is 9.80. The summed E-state index contributed by atoms with van der Waals surface area (Å²) in [6.45, 7) is 2.23. The topological polar surface area (TPSA) is 58.6 Å². The molecule has 0 aromatic heterocycles. The number of aryl methyl sites for hydroxylation is 1. The zero-order chi connectivity index (χ0) is 22.0. The van der Waals surface area contributed by atoms with Gasteiger partial charge in [-0.3, -0.25) is 9.59 Å². The molecule has 0 unspecified atom stereocenters. The van der Waals surface area contributed by atoms with E-state index in [2.05, 4.69) is 5.32 Å². The third kappa shape index (κ3) is 4.84. The first kappa shape index (κ1) is 21.2. The minimum Gasteiger partial charge on any atom is -0.457 e. The SMILES string of the molecule is Cc1ccccc1Oc1ccc(NC(=O)[C@@H]2CC(=O)N(c3cc(Cl)ccc3Cl)C2)cc1. The third-order valence-corrected chi connectivity index (χ3v) is 5.69. The smallest absolute Gasteiger partial charge is 0.229 e. The van der Waals surface area contributed by atoms with Crippen LogP contribution in [-0.4, -0.2) is 18.4 Å². The maximum atomic E-state index is 12.7. The van der Waals surface area contributed by atoms with Crippen LogP contribution < -0.4 is 15.0 Å². The van der Waals surface area contributed by atoms with Crippen molar-refractivity contribution >= 4 is 46.4 Å². The van der Waals surface area contributed by atoms with Gasteiger partial charge in [-0.25, -0.2) is 0 Å². The minimum atomic E-state index is -0.481. The molecule has 1 heterocycles. The second-order valence-corrected chi connectivity index (χ2v) is 8.23. The Balaban J connectivity index is 1.40. The van der Waals surface area contributed by atoms with E-state index in [9.17, 15) is 9.59 Å². The van der Waals surface area contributed by atoms with Crippen LogP contribution in [-0.2, 0) is 9.59 Å². The zero-order valence-electron chi connectivity index (χ0n) is 16.8. The Labute approximate surface area is 190 Å². The van der Waals surface area contributed by atoms with E-state index in [1.54, 1.807) is 42.5 Å². The van der Waals surface area contributed by atoms with Crippen molar-refractivity contribution in [3.63, 3.8) is 0 Å². The predicted octanol–water partition coefficient (Wildman–Crippen LogP) is 6.09. The van der Waals surface area contributed by atoms with E-state index in [0.29, 0.717) is 27.2 Å². The Bertz CT molecular complexity index is 1130. The summed E-state index contributed by atoms with van der Waals surface area (Å²) in [5.74, 6) is 0.590. The maximum Gasteiger partial charge on any atom is 0.229 e. The molecule has 0 spiro atoms. The van der Waals surface area contributed by atoms with Crippen LogP contribution in [0.2, 0.25) is 10.0 Å². The number of ether oxygens (including phenoxy) is 1. The second-order valence-electron chi connectivity index (χ2n) is 7.38.